The summed E-state index contributed by atoms with van der Waals surface area (Å²) in [5, 5.41) is 2.84. The molecule has 0 aliphatic rings. The summed E-state index contributed by atoms with van der Waals surface area (Å²) in [5.74, 6) is 1.96. The predicted octanol–water partition coefficient (Wildman–Crippen LogP) is 3.75. The Labute approximate surface area is 148 Å². The molecule has 0 saturated carbocycles. The molecule has 122 valence electrons. The fourth-order valence-electron chi connectivity index (χ4n) is 1.79. The van der Waals surface area contributed by atoms with Crippen molar-refractivity contribution in [2.24, 2.45) is 0 Å². The van der Waals surface area contributed by atoms with E-state index >= 15 is 0 Å². The summed E-state index contributed by atoms with van der Waals surface area (Å²) < 4.78 is 11.6. The number of ether oxygens (including phenoxy) is 2. The fraction of sp³-hybridized carbons (Fsp3) is 0.235. The number of benzene rings is 2. The van der Waals surface area contributed by atoms with Crippen LogP contribution in [0.25, 0.3) is 0 Å². The number of halogens is 1. The Morgan fingerprint density at radius 3 is 2.65 bits per heavy atom. The van der Waals surface area contributed by atoms with Gasteiger partial charge in [-0.1, -0.05) is 22.0 Å². The van der Waals surface area contributed by atoms with Crippen LogP contribution in [0.1, 0.15) is 0 Å². The first-order valence-electron chi connectivity index (χ1n) is 7.09. The Bertz CT molecular complexity index is 634. The van der Waals surface area contributed by atoms with Crippen molar-refractivity contribution in [2.75, 3.05) is 26.0 Å². The zero-order valence-corrected chi connectivity index (χ0v) is 15.2. The maximum absolute atomic E-state index is 11.8. The van der Waals surface area contributed by atoms with E-state index < -0.39 is 0 Å². The van der Waals surface area contributed by atoms with E-state index in [1.165, 1.54) is 11.8 Å². The van der Waals surface area contributed by atoms with E-state index in [1.54, 1.807) is 7.11 Å². The van der Waals surface area contributed by atoms with Gasteiger partial charge in [-0.2, -0.15) is 0 Å². The highest BCUT2D eigenvalue weighted by atomic mass is 79.9. The molecule has 0 aromatic heterocycles. The Kier molecular flexibility index (Phi) is 7.29. The Hall–Kier alpha value is -1.66. The first-order chi connectivity index (χ1) is 11.2. The number of hydrogen-bond acceptors (Lipinski definition) is 4. The van der Waals surface area contributed by atoms with Gasteiger partial charge in [0.15, 0.2) is 0 Å². The number of carbonyl (C=O) groups is 1. The summed E-state index contributed by atoms with van der Waals surface area (Å²) in [5.41, 5.74) is 0. The maximum Gasteiger partial charge on any atom is 0.230 e. The fourth-order valence-corrected chi connectivity index (χ4v) is 2.89. The van der Waals surface area contributed by atoms with Gasteiger partial charge in [-0.05, 0) is 42.5 Å². The standard InChI is InChI=1S/C17H18BrNO3S/c1-21-14-5-7-16(8-6-14)23-12-17(20)19-9-10-22-15-4-2-3-13(18)11-15/h2-8,11H,9-10,12H2,1H3,(H,19,20). The first kappa shape index (κ1) is 17.7. The average Bonchev–Trinajstić information content (AvgIpc) is 2.57. The third kappa shape index (κ3) is 6.54. The molecule has 0 aliphatic heterocycles. The molecule has 1 N–H and O–H groups in total. The van der Waals surface area contributed by atoms with Crippen molar-refractivity contribution in [2.45, 2.75) is 4.90 Å². The van der Waals surface area contributed by atoms with Crippen molar-refractivity contribution in [3.05, 3.63) is 53.0 Å². The third-order valence-electron chi connectivity index (χ3n) is 2.92. The Balaban J connectivity index is 1.63. The summed E-state index contributed by atoms with van der Waals surface area (Å²) in [6.45, 7) is 0.921. The normalized spacial score (nSPS) is 10.2. The predicted molar refractivity (Wildman–Crippen MR) is 96.4 cm³/mol. The minimum atomic E-state index is -0.0105. The lowest BCUT2D eigenvalue weighted by Crippen LogP contribution is -2.29. The van der Waals surface area contributed by atoms with Gasteiger partial charge in [0.2, 0.25) is 5.91 Å². The van der Waals surface area contributed by atoms with E-state index in [-0.39, 0.29) is 5.91 Å². The highest BCUT2D eigenvalue weighted by Gasteiger charge is 2.03. The molecule has 0 aliphatic carbocycles. The van der Waals surface area contributed by atoms with E-state index in [0.29, 0.717) is 18.9 Å². The summed E-state index contributed by atoms with van der Waals surface area (Å²) in [6, 6.07) is 15.3. The van der Waals surface area contributed by atoms with Crippen LogP contribution in [0.2, 0.25) is 0 Å². The monoisotopic (exact) mass is 395 g/mol. The SMILES string of the molecule is COc1ccc(SCC(=O)NCCOc2cccc(Br)c2)cc1. The summed E-state index contributed by atoms with van der Waals surface area (Å²) in [7, 11) is 1.63. The minimum Gasteiger partial charge on any atom is -0.497 e. The van der Waals surface area contributed by atoms with Crippen LogP contribution in [0.15, 0.2) is 57.9 Å². The van der Waals surface area contributed by atoms with Crippen molar-refractivity contribution >= 4 is 33.6 Å². The minimum absolute atomic E-state index is 0.0105. The molecule has 4 nitrogen and oxygen atoms in total. The lowest BCUT2D eigenvalue weighted by molar-refractivity contribution is -0.118. The van der Waals surface area contributed by atoms with Crippen molar-refractivity contribution in [1.82, 2.24) is 5.32 Å². The maximum atomic E-state index is 11.8. The zero-order chi connectivity index (χ0) is 16.5. The van der Waals surface area contributed by atoms with Crippen LogP contribution in [0.3, 0.4) is 0 Å². The quantitative estimate of drug-likeness (QED) is 0.546. The number of rotatable bonds is 8. The molecule has 0 saturated heterocycles. The van der Waals surface area contributed by atoms with Crippen LogP contribution in [0.5, 0.6) is 11.5 Å². The van der Waals surface area contributed by atoms with Gasteiger partial charge in [-0.15, -0.1) is 11.8 Å². The molecule has 2 rings (SSSR count). The van der Waals surface area contributed by atoms with Crippen molar-refractivity contribution in [1.29, 1.82) is 0 Å². The second-order valence-corrected chi connectivity index (χ2v) is 6.58. The molecule has 0 spiro atoms. The highest BCUT2D eigenvalue weighted by molar-refractivity contribution is 9.10. The van der Waals surface area contributed by atoms with Gasteiger partial charge in [0.05, 0.1) is 19.4 Å². The Morgan fingerprint density at radius 1 is 1.17 bits per heavy atom. The van der Waals surface area contributed by atoms with Crippen molar-refractivity contribution in [3.8, 4) is 11.5 Å². The second kappa shape index (κ2) is 9.47. The van der Waals surface area contributed by atoms with Crippen LogP contribution >= 0.6 is 27.7 Å². The topological polar surface area (TPSA) is 47.6 Å². The van der Waals surface area contributed by atoms with E-state index in [4.69, 9.17) is 9.47 Å². The molecule has 2 aromatic carbocycles. The highest BCUT2D eigenvalue weighted by Crippen LogP contribution is 2.21. The summed E-state index contributed by atoms with van der Waals surface area (Å²) >= 11 is 4.88. The molecule has 23 heavy (non-hydrogen) atoms. The first-order valence-corrected chi connectivity index (χ1v) is 8.87. The molecule has 1 amide bonds. The molecule has 2 aromatic rings. The molecule has 0 heterocycles. The number of nitrogens with one attached hydrogen (secondary N) is 1. The number of hydrogen-bond donors (Lipinski definition) is 1. The number of carbonyl (C=O) groups excluding carboxylic acids is 1. The van der Waals surface area contributed by atoms with Gasteiger partial charge in [0.25, 0.3) is 0 Å². The molecule has 6 heteroatoms. The van der Waals surface area contributed by atoms with Gasteiger partial charge in [-0.25, -0.2) is 0 Å². The lowest BCUT2D eigenvalue weighted by Gasteiger charge is -2.08. The molecule has 0 bridgehead atoms. The van der Waals surface area contributed by atoms with Crippen LogP contribution < -0.4 is 14.8 Å². The molecule has 0 fully saturated rings. The molecule has 0 atom stereocenters. The van der Waals surface area contributed by atoms with Gasteiger partial charge < -0.3 is 14.8 Å². The van der Waals surface area contributed by atoms with Crippen LogP contribution in [0, 0.1) is 0 Å². The van der Waals surface area contributed by atoms with Crippen LogP contribution in [0.4, 0.5) is 0 Å². The van der Waals surface area contributed by atoms with Gasteiger partial charge >= 0.3 is 0 Å². The van der Waals surface area contributed by atoms with E-state index in [0.717, 1.165) is 20.9 Å². The second-order valence-electron chi connectivity index (χ2n) is 4.62. The number of amides is 1. The average molecular weight is 396 g/mol. The molecular weight excluding hydrogens is 378 g/mol. The largest absolute Gasteiger partial charge is 0.497 e. The smallest absolute Gasteiger partial charge is 0.230 e. The van der Waals surface area contributed by atoms with E-state index in [1.807, 2.05) is 48.5 Å². The number of methoxy groups -OCH3 is 1. The lowest BCUT2D eigenvalue weighted by atomic mass is 10.3. The van der Waals surface area contributed by atoms with Crippen molar-refractivity contribution < 1.29 is 14.3 Å². The van der Waals surface area contributed by atoms with Crippen LogP contribution in [-0.2, 0) is 4.79 Å². The molecule has 0 radical (unpaired) electrons. The van der Waals surface area contributed by atoms with E-state index in [9.17, 15) is 4.79 Å². The van der Waals surface area contributed by atoms with Gasteiger partial charge in [0.1, 0.15) is 18.1 Å². The van der Waals surface area contributed by atoms with Crippen molar-refractivity contribution in [3.63, 3.8) is 0 Å². The molecular formula is C17H18BrNO3S. The number of thioether (sulfide) groups is 1. The Morgan fingerprint density at radius 2 is 1.96 bits per heavy atom. The van der Waals surface area contributed by atoms with Gasteiger partial charge in [-0.3, -0.25) is 4.79 Å². The zero-order valence-electron chi connectivity index (χ0n) is 12.8. The summed E-state index contributed by atoms with van der Waals surface area (Å²) in [6.07, 6.45) is 0. The molecule has 0 unspecified atom stereocenters. The van der Waals surface area contributed by atoms with Crippen LogP contribution in [-0.4, -0.2) is 31.9 Å². The van der Waals surface area contributed by atoms with Gasteiger partial charge in [0, 0.05) is 9.37 Å². The third-order valence-corrected chi connectivity index (χ3v) is 4.42. The summed E-state index contributed by atoms with van der Waals surface area (Å²) in [4.78, 5) is 12.8. The van der Waals surface area contributed by atoms with E-state index in [2.05, 4.69) is 21.2 Å².